The van der Waals surface area contributed by atoms with Crippen molar-refractivity contribution in [3.05, 3.63) is 54.0 Å². The van der Waals surface area contributed by atoms with Crippen LogP contribution in [0.2, 0.25) is 0 Å². The van der Waals surface area contributed by atoms with E-state index in [-0.39, 0.29) is 6.04 Å². The predicted molar refractivity (Wildman–Crippen MR) is 108 cm³/mol. The molecule has 2 N–H and O–H groups in total. The van der Waals surface area contributed by atoms with Crippen LogP contribution in [-0.2, 0) is 6.42 Å². The lowest BCUT2D eigenvalue weighted by molar-refractivity contribution is 0.510. The molecule has 0 bridgehead atoms. The molecule has 1 aromatic carbocycles. The summed E-state index contributed by atoms with van der Waals surface area (Å²) in [5.74, 6) is 1.81. The third-order valence-electron chi connectivity index (χ3n) is 4.75. The van der Waals surface area contributed by atoms with Gasteiger partial charge in [0.15, 0.2) is 5.96 Å². The normalized spacial score (nSPS) is 15.9. The fourth-order valence-corrected chi connectivity index (χ4v) is 3.31. The SMILES string of the molecule is CCNC(=NCCc1ccco1)NC(C)c1cccc(N2CCCC2)c1. The highest BCUT2D eigenvalue weighted by molar-refractivity contribution is 5.80. The van der Waals surface area contributed by atoms with Crippen LogP contribution in [0.4, 0.5) is 5.69 Å². The first-order valence-electron chi connectivity index (χ1n) is 9.68. The molecule has 2 heterocycles. The van der Waals surface area contributed by atoms with Gasteiger partial charge in [-0.1, -0.05) is 12.1 Å². The van der Waals surface area contributed by atoms with E-state index in [0.29, 0.717) is 6.54 Å². The van der Waals surface area contributed by atoms with Gasteiger partial charge >= 0.3 is 0 Å². The van der Waals surface area contributed by atoms with E-state index in [1.54, 1.807) is 6.26 Å². The van der Waals surface area contributed by atoms with Crippen molar-refractivity contribution in [2.24, 2.45) is 4.99 Å². The van der Waals surface area contributed by atoms with Crippen molar-refractivity contribution in [1.29, 1.82) is 0 Å². The summed E-state index contributed by atoms with van der Waals surface area (Å²) in [5.41, 5.74) is 2.61. The molecule has 5 nitrogen and oxygen atoms in total. The molecule has 1 unspecified atom stereocenters. The number of aliphatic imine (C=N–C) groups is 1. The van der Waals surface area contributed by atoms with Crippen LogP contribution in [0.1, 0.15) is 44.1 Å². The van der Waals surface area contributed by atoms with Crippen LogP contribution < -0.4 is 15.5 Å². The minimum absolute atomic E-state index is 0.193. The lowest BCUT2D eigenvalue weighted by Gasteiger charge is -2.22. The van der Waals surface area contributed by atoms with Crippen LogP contribution in [0, 0.1) is 0 Å². The average molecular weight is 354 g/mol. The maximum atomic E-state index is 5.37. The van der Waals surface area contributed by atoms with Gasteiger partial charge in [0.25, 0.3) is 0 Å². The Morgan fingerprint density at radius 1 is 1.23 bits per heavy atom. The van der Waals surface area contributed by atoms with Crippen molar-refractivity contribution in [1.82, 2.24) is 10.6 Å². The molecule has 26 heavy (non-hydrogen) atoms. The smallest absolute Gasteiger partial charge is 0.191 e. The number of guanidine groups is 1. The molecule has 2 aromatic rings. The maximum absolute atomic E-state index is 5.37. The molecule has 0 spiro atoms. The number of nitrogens with one attached hydrogen (secondary N) is 2. The van der Waals surface area contributed by atoms with Gasteiger partial charge in [-0.3, -0.25) is 4.99 Å². The van der Waals surface area contributed by atoms with Gasteiger partial charge in [0.1, 0.15) is 5.76 Å². The topological polar surface area (TPSA) is 52.8 Å². The van der Waals surface area contributed by atoms with E-state index in [1.165, 1.54) is 37.2 Å². The zero-order valence-corrected chi connectivity index (χ0v) is 15.9. The van der Waals surface area contributed by atoms with E-state index in [0.717, 1.165) is 24.7 Å². The van der Waals surface area contributed by atoms with Crippen LogP contribution in [0.3, 0.4) is 0 Å². The zero-order chi connectivity index (χ0) is 18.2. The quantitative estimate of drug-likeness (QED) is 0.587. The van der Waals surface area contributed by atoms with E-state index >= 15 is 0 Å². The van der Waals surface area contributed by atoms with Gasteiger partial charge in [-0.15, -0.1) is 0 Å². The summed E-state index contributed by atoms with van der Waals surface area (Å²) < 4.78 is 5.37. The Labute approximate surface area is 156 Å². The standard InChI is InChI=1S/C21H30N4O/c1-3-22-21(23-12-11-20-10-7-15-26-20)24-17(2)18-8-6-9-19(16-18)25-13-4-5-14-25/h6-10,15-17H,3-5,11-14H2,1-2H3,(H2,22,23,24). The summed E-state index contributed by atoms with van der Waals surface area (Å²) in [5, 5.41) is 6.85. The second kappa shape index (κ2) is 9.32. The Bertz CT molecular complexity index is 690. The van der Waals surface area contributed by atoms with Gasteiger partial charge in [0.2, 0.25) is 0 Å². The molecule has 1 aliphatic rings. The lowest BCUT2D eigenvalue weighted by Crippen LogP contribution is -2.39. The Kier molecular flexibility index (Phi) is 6.58. The predicted octanol–water partition coefficient (Wildman–Crippen LogP) is 3.74. The first kappa shape index (κ1) is 18.4. The van der Waals surface area contributed by atoms with E-state index in [4.69, 9.17) is 4.42 Å². The summed E-state index contributed by atoms with van der Waals surface area (Å²) >= 11 is 0. The highest BCUT2D eigenvalue weighted by Crippen LogP contribution is 2.23. The molecule has 3 rings (SSSR count). The molecule has 5 heteroatoms. The minimum atomic E-state index is 0.193. The third kappa shape index (κ3) is 5.04. The van der Waals surface area contributed by atoms with Crippen molar-refractivity contribution >= 4 is 11.6 Å². The van der Waals surface area contributed by atoms with Crippen molar-refractivity contribution in [2.75, 3.05) is 31.1 Å². The molecule has 1 fully saturated rings. The van der Waals surface area contributed by atoms with Gasteiger partial charge in [-0.2, -0.15) is 0 Å². The van der Waals surface area contributed by atoms with Crippen LogP contribution in [0.15, 0.2) is 52.1 Å². The largest absolute Gasteiger partial charge is 0.469 e. The Hall–Kier alpha value is -2.43. The molecular weight excluding hydrogens is 324 g/mol. The minimum Gasteiger partial charge on any atom is -0.469 e. The highest BCUT2D eigenvalue weighted by Gasteiger charge is 2.14. The Morgan fingerprint density at radius 2 is 2.08 bits per heavy atom. The van der Waals surface area contributed by atoms with Crippen LogP contribution >= 0.6 is 0 Å². The summed E-state index contributed by atoms with van der Waals surface area (Å²) in [7, 11) is 0. The van der Waals surface area contributed by atoms with Gasteiger partial charge in [0.05, 0.1) is 12.3 Å². The maximum Gasteiger partial charge on any atom is 0.191 e. The number of benzene rings is 1. The number of anilines is 1. The van der Waals surface area contributed by atoms with Gasteiger partial charge in [-0.25, -0.2) is 0 Å². The fourth-order valence-electron chi connectivity index (χ4n) is 3.31. The van der Waals surface area contributed by atoms with Crippen molar-refractivity contribution in [3.8, 4) is 0 Å². The first-order chi connectivity index (χ1) is 12.8. The van der Waals surface area contributed by atoms with Crippen LogP contribution in [0.25, 0.3) is 0 Å². The van der Waals surface area contributed by atoms with E-state index < -0.39 is 0 Å². The first-order valence-corrected chi connectivity index (χ1v) is 9.68. The molecule has 1 saturated heterocycles. The highest BCUT2D eigenvalue weighted by atomic mass is 16.3. The van der Waals surface area contributed by atoms with Crippen LogP contribution in [-0.4, -0.2) is 32.1 Å². The third-order valence-corrected chi connectivity index (χ3v) is 4.75. The Balaban J connectivity index is 1.61. The second-order valence-corrected chi connectivity index (χ2v) is 6.75. The van der Waals surface area contributed by atoms with E-state index in [2.05, 4.69) is 58.6 Å². The molecule has 140 valence electrons. The molecule has 0 aliphatic carbocycles. The average Bonchev–Trinajstić information content (AvgIpc) is 3.36. The van der Waals surface area contributed by atoms with Gasteiger partial charge in [-0.05, 0) is 56.5 Å². The second-order valence-electron chi connectivity index (χ2n) is 6.75. The van der Waals surface area contributed by atoms with Gasteiger partial charge in [0, 0.05) is 38.3 Å². The molecular formula is C21H30N4O. The summed E-state index contributed by atoms with van der Waals surface area (Å²) in [6.07, 6.45) is 5.11. The number of rotatable bonds is 7. The van der Waals surface area contributed by atoms with Gasteiger partial charge < -0.3 is 20.0 Å². The number of hydrogen-bond acceptors (Lipinski definition) is 3. The van der Waals surface area contributed by atoms with Crippen molar-refractivity contribution in [3.63, 3.8) is 0 Å². The number of hydrogen-bond donors (Lipinski definition) is 2. The summed E-state index contributed by atoms with van der Waals surface area (Å²) in [4.78, 5) is 7.15. The number of nitrogens with zero attached hydrogens (tertiary/aromatic N) is 2. The fraction of sp³-hybridized carbons (Fsp3) is 0.476. The summed E-state index contributed by atoms with van der Waals surface area (Å²) in [6, 6.07) is 12.9. The Morgan fingerprint density at radius 3 is 2.81 bits per heavy atom. The van der Waals surface area contributed by atoms with E-state index in [1.807, 2.05) is 12.1 Å². The molecule has 1 atom stereocenters. The monoisotopic (exact) mass is 354 g/mol. The summed E-state index contributed by atoms with van der Waals surface area (Å²) in [6.45, 7) is 8.14. The van der Waals surface area contributed by atoms with Crippen LogP contribution in [0.5, 0.6) is 0 Å². The molecule has 0 saturated carbocycles. The van der Waals surface area contributed by atoms with Crippen molar-refractivity contribution < 1.29 is 4.42 Å². The number of furan rings is 1. The lowest BCUT2D eigenvalue weighted by atomic mass is 10.1. The molecule has 1 aromatic heterocycles. The molecule has 1 aliphatic heterocycles. The molecule has 0 radical (unpaired) electrons. The van der Waals surface area contributed by atoms with E-state index in [9.17, 15) is 0 Å². The van der Waals surface area contributed by atoms with Crippen molar-refractivity contribution in [2.45, 2.75) is 39.2 Å². The molecule has 0 amide bonds. The zero-order valence-electron chi connectivity index (χ0n) is 15.9.